The average molecular weight is 779 g/mol. The number of ether oxygens (including phenoxy) is 2. The van der Waals surface area contributed by atoms with Gasteiger partial charge in [0.25, 0.3) is 0 Å². The molecule has 0 radical (unpaired) electrons. The van der Waals surface area contributed by atoms with Crippen molar-refractivity contribution in [2.45, 2.75) is 70.1 Å². The van der Waals surface area contributed by atoms with E-state index in [4.69, 9.17) is 14.7 Å². The van der Waals surface area contributed by atoms with E-state index in [2.05, 4.69) is 30.4 Å². The van der Waals surface area contributed by atoms with Crippen LogP contribution in [0.1, 0.15) is 84.2 Å². The van der Waals surface area contributed by atoms with Crippen LogP contribution in [-0.2, 0) is 22.3 Å². The van der Waals surface area contributed by atoms with E-state index < -0.39 is 11.7 Å². The van der Waals surface area contributed by atoms with Gasteiger partial charge in [0.15, 0.2) is 12.0 Å². The number of rotatable bonds is 18. The van der Waals surface area contributed by atoms with Crippen LogP contribution in [-0.4, -0.2) is 99.0 Å². The topological polar surface area (TPSA) is 153 Å². The van der Waals surface area contributed by atoms with Crippen LogP contribution in [0.15, 0.2) is 42.7 Å². The minimum atomic E-state index is -4.59. The van der Waals surface area contributed by atoms with Gasteiger partial charge in [-0.3, -0.25) is 24.6 Å². The van der Waals surface area contributed by atoms with Crippen LogP contribution in [0, 0.1) is 11.3 Å². The zero-order valence-electron chi connectivity index (χ0n) is 31.8. The van der Waals surface area contributed by atoms with Gasteiger partial charge in [-0.25, -0.2) is 9.97 Å². The van der Waals surface area contributed by atoms with Gasteiger partial charge in [0.05, 0.1) is 48.9 Å². The van der Waals surface area contributed by atoms with Crippen molar-refractivity contribution < 1.29 is 37.0 Å². The summed E-state index contributed by atoms with van der Waals surface area (Å²) in [5.41, 5.74) is 1.46. The monoisotopic (exact) mass is 778 g/mol. The molecule has 0 spiro atoms. The molecule has 2 N–H and O–H groups in total. The van der Waals surface area contributed by atoms with Crippen molar-refractivity contribution >= 4 is 30.0 Å². The van der Waals surface area contributed by atoms with Crippen molar-refractivity contribution in [2.75, 3.05) is 69.3 Å². The third-order valence-corrected chi connectivity index (χ3v) is 10.4. The predicted molar refractivity (Wildman–Crippen MR) is 204 cm³/mol. The molecule has 3 aromatic rings. The maximum atomic E-state index is 13.4. The Morgan fingerprint density at radius 1 is 1.02 bits per heavy atom. The number of aldehydes is 1. The summed E-state index contributed by atoms with van der Waals surface area (Å²) in [7, 11) is 1.55. The second-order valence-corrected chi connectivity index (χ2v) is 14.1. The lowest BCUT2D eigenvalue weighted by molar-refractivity contribution is -0.137. The average Bonchev–Trinajstić information content (AvgIpc) is 3.21. The maximum Gasteiger partial charge on any atom is 0.417 e. The highest BCUT2D eigenvalue weighted by Gasteiger charge is 2.35. The Kier molecular flexibility index (Phi) is 15.0. The Hall–Kier alpha value is -5.27. The molecule has 2 aliphatic heterocycles. The molecule has 0 aliphatic carbocycles. The number of nitrogens with one attached hydrogen (secondary N) is 2. The van der Waals surface area contributed by atoms with Crippen LogP contribution < -0.4 is 29.9 Å². The zero-order valence-corrected chi connectivity index (χ0v) is 31.8. The van der Waals surface area contributed by atoms with Gasteiger partial charge in [0.2, 0.25) is 12.3 Å². The molecule has 1 aromatic heterocycles. The highest BCUT2D eigenvalue weighted by molar-refractivity contribution is 5.85. The standard InChI is InChI=1S/C40H49F3N8O5/c1-28(5-8-38(54)48-27-53)45-23-31-19-33(21-37(55-2)35(31)26-52)51-16-14-49(15-17-51)11-3-4-18-56-34-24-46-39(47-25-34)29-9-12-50(13-10-29)32-7-6-30(22-44)36(20-32)40(41,42)43/h6-7,19-21,24-29,45H,3-5,8-18,23H2,1-2H3,(H,48,53,54). The van der Waals surface area contributed by atoms with Gasteiger partial charge < -0.3 is 24.6 Å². The first-order valence-electron chi connectivity index (χ1n) is 18.9. The van der Waals surface area contributed by atoms with Crippen LogP contribution in [0.5, 0.6) is 11.5 Å². The van der Waals surface area contributed by atoms with Crippen molar-refractivity contribution in [2.24, 2.45) is 0 Å². The smallest absolute Gasteiger partial charge is 0.417 e. The number of methoxy groups -OCH3 is 1. The summed E-state index contributed by atoms with van der Waals surface area (Å²) in [6.45, 7) is 8.40. The van der Waals surface area contributed by atoms with Crippen molar-refractivity contribution in [1.82, 2.24) is 25.5 Å². The molecule has 300 valence electrons. The van der Waals surface area contributed by atoms with E-state index in [1.807, 2.05) is 24.0 Å². The van der Waals surface area contributed by atoms with Crippen molar-refractivity contribution in [3.05, 3.63) is 70.8 Å². The predicted octanol–water partition coefficient (Wildman–Crippen LogP) is 5.08. The van der Waals surface area contributed by atoms with Crippen molar-refractivity contribution in [3.63, 3.8) is 0 Å². The Labute approximate surface area is 325 Å². The molecule has 2 amide bonds. The number of nitriles is 1. The van der Waals surface area contributed by atoms with Crippen LogP contribution in [0.25, 0.3) is 0 Å². The Balaban J connectivity index is 1.01. The summed E-state index contributed by atoms with van der Waals surface area (Å²) in [4.78, 5) is 49.8. The zero-order chi connectivity index (χ0) is 40.1. The fourth-order valence-corrected chi connectivity index (χ4v) is 7.10. The third-order valence-electron chi connectivity index (χ3n) is 10.4. The van der Waals surface area contributed by atoms with Crippen LogP contribution >= 0.6 is 0 Å². The Morgan fingerprint density at radius 3 is 2.38 bits per heavy atom. The quantitative estimate of drug-likeness (QED) is 0.131. The molecule has 2 aliphatic rings. The number of unbranched alkanes of at least 4 members (excludes halogenated alkanes) is 1. The van der Waals surface area contributed by atoms with E-state index in [0.29, 0.717) is 80.5 Å². The molecule has 56 heavy (non-hydrogen) atoms. The summed E-state index contributed by atoms with van der Waals surface area (Å²) in [6.07, 6.45) is 3.95. The van der Waals surface area contributed by atoms with E-state index in [-0.39, 0.29) is 29.9 Å². The van der Waals surface area contributed by atoms with Gasteiger partial charge in [0.1, 0.15) is 11.6 Å². The molecule has 0 saturated carbocycles. The molecule has 13 nitrogen and oxygen atoms in total. The molecule has 1 atom stereocenters. The number of alkyl halides is 3. The molecule has 5 rings (SSSR count). The van der Waals surface area contributed by atoms with Crippen molar-refractivity contribution in [1.29, 1.82) is 5.26 Å². The van der Waals surface area contributed by atoms with Crippen LogP contribution in [0.3, 0.4) is 0 Å². The SMILES string of the molecule is COc1cc(N2CCN(CCCCOc3cnc(C4CCN(c5ccc(C#N)c(C(F)(F)F)c5)CC4)nc3)CC2)cc(CNC(C)CCC(=O)NC=O)c1C=O. The molecule has 2 aromatic carbocycles. The van der Waals surface area contributed by atoms with E-state index >= 15 is 0 Å². The van der Waals surface area contributed by atoms with E-state index in [1.165, 1.54) is 6.07 Å². The van der Waals surface area contributed by atoms with Gasteiger partial charge in [-0.15, -0.1) is 0 Å². The second kappa shape index (κ2) is 20.1. The number of piperidine rings is 1. The summed E-state index contributed by atoms with van der Waals surface area (Å²) >= 11 is 0. The molecule has 0 bridgehead atoms. The number of nitrogens with zero attached hydrogens (tertiary/aromatic N) is 6. The number of piperazine rings is 1. The van der Waals surface area contributed by atoms with Gasteiger partial charge in [-0.05, 0) is 75.4 Å². The van der Waals surface area contributed by atoms with Crippen molar-refractivity contribution in [3.8, 4) is 17.6 Å². The number of carbonyl (C=O) groups is 3. The summed E-state index contributed by atoms with van der Waals surface area (Å²) in [6, 6.07) is 9.41. The van der Waals surface area contributed by atoms with E-state index in [0.717, 1.165) is 69.2 Å². The molecular formula is C40H49F3N8O5. The van der Waals surface area contributed by atoms with Gasteiger partial charge in [0, 0.05) is 81.6 Å². The molecule has 3 heterocycles. The highest BCUT2D eigenvalue weighted by Crippen LogP contribution is 2.36. The number of amides is 2. The number of halogens is 3. The number of carbonyl (C=O) groups excluding carboxylic acids is 3. The molecule has 16 heteroatoms. The lowest BCUT2D eigenvalue weighted by Crippen LogP contribution is -2.46. The first kappa shape index (κ1) is 41.9. The Morgan fingerprint density at radius 2 is 1.73 bits per heavy atom. The minimum absolute atomic E-state index is 0.0143. The van der Waals surface area contributed by atoms with Gasteiger partial charge >= 0.3 is 6.18 Å². The van der Waals surface area contributed by atoms with Crippen LogP contribution in [0.2, 0.25) is 0 Å². The number of anilines is 2. The summed E-state index contributed by atoms with van der Waals surface area (Å²) < 4.78 is 51.8. The lowest BCUT2D eigenvalue weighted by atomic mass is 9.95. The summed E-state index contributed by atoms with van der Waals surface area (Å²) in [5, 5.41) is 14.6. The fraction of sp³-hybridized carbons (Fsp3) is 0.500. The molecule has 1 unspecified atom stereocenters. The first-order valence-corrected chi connectivity index (χ1v) is 18.9. The van der Waals surface area contributed by atoms with E-state index in [9.17, 15) is 27.6 Å². The minimum Gasteiger partial charge on any atom is -0.496 e. The second-order valence-electron chi connectivity index (χ2n) is 14.1. The van der Waals surface area contributed by atoms with Gasteiger partial charge in [-0.2, -0.15) is 18.4 Å². The number of hydrogen-bond acceptors (Lipinski definition) is 12. The molecule has 2 fully saturated rings. The first-order chi connectivity index (χ1) is 27.0. The number of hydrogen-bond donors (Lipinski definition) is 2. The number of benzene rings is 2. The maximum absolute atomic E-state index is 13.4. The summed E-state index contributed by atoms with van der Waals surface area (Å²) in [5.74, 6) is 1.58. The van der Waals surface area contributed by atoms with Gasteiger partial charge in [-0.1, -0.05) is 0 Å². The molecular weight excluding hydrogens is 729 g/mol. The number of imide groups is 1. The van der Waals surface area contributed by atoms with Crippen LogP contribution in [0.4, 0.5) is 24.5 Å². The number of aromatic nitrogens is 2. The lowest BCUT2D eigenvalue weighted by Gasteiger charge is -2.36. The normalized spacial score (nSPS) is 15.9. The van der Waals surface area contributed by atoms with E-state index in [1.54, 1.807) is 31.6 Å². The Bertz CT molecular complexity index is 1820. The fourth-order valence-electron chi connectivity index (χ4n) is 7.10. The highest BCUT2D eigenvalue weighted by atomic mass is 19.4. The third kappa shape index (κ3) is 11.4. The largest absolute Gasteiger partial charge is 0.496 e. The molecule has 2 saturated heterocycles.